The van der Waals surface area contributed by atoms with Crippen LogP contribution >= 0.6 is 11.3 Å². The van der Waals surface area contributed by atoms with Gasteiger partial charge in [0, 0.05) is 85.9 Å². The number of likely N-dealkylation sites (tertiary alicyclic amines) is 1. The number of hydrogen-bond acceptors (Lipinski definition) is 11. The van der Waals surface area contributed by atoms with E-state index in [1.165, 1.54) is 11.0 Å². The van der Waals surface area contributed by atoms with Crippen molar-refractivity contribution in [1.29, 1.82) is 5.26 Å². The van der Waals surface area contributed by atoms with Crippen molar-refractivity contribution in [2.75, 3.05) is 44.2 Å². The van der Waals surface area contributed by atoms with Crippen LogP contribution in [0.1, 0.15) is 109 Å². The van der Waals surface area contributed by atoms with E-state index >= 15 is 0 Å². The van der Waals surface area contributed by atoms with Crippen LogP contribution in [0.4, 0.5) is 18.9 Å². The van der Waals surface area contributed by atoms with Crippen LogP contribution in [0.25, 0.3) is 10.4 Å². The summed E-state index contributed by atoms with van der Waals surface area (Å²) in [5.74, 6) is -1.40. The second kappa shape index (κ2) is 21.9. The standard InChI is InChI=1S/C59H67F3N8O6S/c1-35(2)49(54(75)69-33-44(71)28-48(69)52(73)64-31-38-12-14-39(15-13-38)50-36(3)65-34-77-50)70-32-42-18-20-43(27-46(42)53(70)74)68-25-23-67(24-26-68)22-8-9-37-10-16-40(17-11-37)51(72)66-55-57(4,5)56(58(55,6)7)76-45-21-19-41(30-63)47(29-45)59(60,61)62/h10-21,27,29,34-35,44,48-49,55-56,71H,8-9,22-26,28,31-33H2,1-7H3,(H,64,73)(H,66,72)/t44-,48+,49?,55-,56-/m1/s1. The summed E-state index contributed by atoms with van der Waals surface area (Å²) in [5, 5.41) is 26.1. The van der Waals surface area contributed by atoms with Gasteiger partial charge in [0.1, 0.15) is 23.9 Å². The molecule has 4 aliphatic rings. The first-order valence-corrected chi connectivity index (χ1v) is 27.3. The van der Waals surface area contributed by atoms with Crippen molar-refractivity contribution >= 4 is 40.7 Å². The number of ether oxygens (including phenoxy) is 1. The zero-order valence-electron chi connectivity index (χ0n) is 44.6. The third-order valence-electron chi connectivity index (χ3n) is 16.1. The molecule has 0 spiro atoms. The lowest BCUT2D eigenvalue weighted by Gasteiger charge is -2.63. The van der Waals surface area contributed by atoms with Gasteiger partial charge in [-0.05, 0) is 96.9 Å². The number of nitrogens with one attached hydrogen (secondary N) is 2. The van der Waals surface area contributed by atoms with E-state index in [1.807, 2.05) is 121 Å². The monoisotopic (exact) mass is 1070 g/mol. The van der Waals surface area contributed by atoms with Crippen LogP contribution in [-0.4, -0.2) is 118 Å². The number of aryl methyl sites for hydroxylation is 2. The number of carbonyl (C=O) groups excluding carboxylic acids is 4. The summed E-state index contributed by atoms with van der Waals surface area (Å²) in [7, 11) is 0. The summed E-state index contributed by atoms with van der Waals surface area (Å²) in [6, 6.07) is 24.4. The second-order valence-corrected chi connectivity index (χ2v) is 23.4. The normalized spacial score (nSPS) is 21.3. The van der Waals surface area contributed by atoms with Crippen LogP contribution in [0.3, 0.4) is 0 Å². The van der Waals surface area contributed by atoms with Gasteiger partial charge in [-0.3, -0.25) is 24.1 Å². The fraction of sp³-hybridized carbons (Fsp3) is 0.458. The number of benzene rings is 4. The molecule has 0 bridgehead atoms. The molecule has 14 nitrogen and oxygen atoms in total. The van der Waals surface area contributed by atoms with E-state index in [2.05, 4.69) is 25.4 Å². The molecule has 3 fully saturated rings. The van der Waals surface area contributed by atoms with E-state index in [4.69, 9.17) is 4.74 Å². The number of halogens is 3. The van der Waals surface area contributed by atoms with Gasteiger partial charge in [0.2, 0.25) is 11.8 Å². The number of fused-ring (bicyclic) bond motifs is 1. The molecule has 4 aromatic carbocycles. The molecule has 1 unspecified atom stereocenters. The van der Waals surface area contributed by atoms with Gasteiger partial charge in [0.05, 0.1) is 39.4 Å². The maximum absolute atomic E-state index is 14.5. The highest BCUT2D eigenvalue weighted by Gasteiger charge is 2.64. The first kappa shape index (κ1) is 55.0. The van der Waals surface area contributed by atoms with Gasteiger partial charge >= 0.3 is 6.18 Å². The lowest BCUT2D eigenvalue weighted by atomic mass is 9.49. The maximum atomic E-state index is 14.5. The van der Waals surface area contributed by atoms with Crippen LogP contribution in [0.5, 0.6) is 5.75 Å². The Kier molecular flexibility index (Phi) is 15.6. The van der Waals surface area contributed by atoms with Crippen LogP contribution < -0.4 is 20.3 Å². The van der Waals surface area contributed by atoms with E-state index in [1.54, 1.807) is 22.3 Å². The topological polar surface area (TPSA) is 171 Å². The Morgan fingerprint density at radius 1 is 0.935 bits per heavy atom. The average molecular weight is 1070 g/mol. The summed E-state index contributed by atoms with van der Waals surface area (Å²) in [6.07, 6.45) is -4.22. The summed E-state index contributed by atoms with van der Waals surface area (Å²) >= 11 is 1.57. The molecule has 2 saturated heterocycles. The molecule has 18 heteroatoms. The number of aromatic nitrogens is 1. The molecule has 3 N–H and O–H groups in total. The fourth-order valence-corrected chi connectivity index (χ4v) is 13.1. The molecule has 0 radical (unpaired) electrons. The lowest BCUT2D eigenvalue weighted by molar-refractivity contribution is -0.164. The van der Waals surface area contributed by atoms with Crippen molar-refractivity contribution in [2.45, 2.75) is 117 Å². The Hall–Kier alpha value is -6.81. The van der Waals surface area contributed by atoms with Gasteiger partial charge in [-0.2, -0.15) is 18.4 Å². The van der Waals surface area contributed by atoms with Crippen LogP contribution in [0, 0.1) is 35.0 Å². The maximum Gasteiger partial charge on any atom is 0.417 e. The number of aliphatic hydroxyl groups excluding tert-OH is 1. The number of β-amino-alcohol motifs (C(OH)–C–C–N with tert-alkyl or cyclic N) is 1. The van der Waals surface area contributed by atoms with E-state index in [9.17, 15) is 42.7 Å². The molecule has 77 heavy (non-hydrogen) atoms. The number of aliphatic hydroxyl groups is 1. The first-order valence-electron chi connectivity index (χ1n) is 26.4. The average Bonchev–Trinajstić information content (AvgIpc) is 4.19. The zero-order valence-corrected chi connectivity index (χ0v) is 45.4. The number of carbonyl (C=O) groups is 4. The highest BCUT2D eigenvalue weighted by molar-refractivity contribution is 7.13. The van der Waals surface area contributed by atoms with Gasteiger partial charge in [-0.1, -0.05) is 84.0 Å². The van der Waals surface area contributed by atoms with Gasteiger partial charge in [-0.15, -0.1) is 11.3 Å². The van der Waals surface area contributed by atoms with Gasteiger partial charge in [0.15, 0.2) is 0 Å². The predicted octanol–water partition coefficient (Wildman–Crippen LogP) is 8.63. The fourth-order valence-electron chi connectivity index (χ4n) is 12.3. The van der Waals surface area contributed by atoms with Crippen molar-refractivity contribution in [3.8, 4) is 22.3 Å². The highest BCUT2D eigenvalue weighted by atomic mass is 32.1. The van der Waals surface area contributed by atoms with Crippen molar-refractivity contribution in [1.82, 2.24) is 30.3 Å². The number of anilines is 1. The number of alkyl halides is 3. The Bertz CT molecular complexity index is 3040. The molecule has 4 heterocycles. The molecular weight excluding hydrogens is 1010 g/mol. The third-order valence-corrected chi connectivity index (χ3v) is 17.1. The zero-order chi connectivity index (χ0) is 55.1. The highest BCUT2D eigenvalue weighted by Crippen LogP contribution is 2.56. The van der Waals surface area contributed by atoms with Crippen molar-refractivity contribution in [3.05, 3.63) is 135 Å². The Morgan fingerprint density at radius 3 is 2.26 bits per heavy atom. The molecule has 9 rings (SSSR count). The van der Waals surface area contributed by atoms with Gasteiger partial charge < -0.3 is 35.2 Å². The summed E-state index contributed by atoms with van der Waals surface area (Å²) in [5.41, 5.74) is 5.96. The summed E-state index contributed by atoms with van der Waals surface area (Å²) in [4.78, 5) is 69.1. The smallest absolute Gasteiger partial charge is 0.417 e. The number of rotatable bonds is 16. The minimum absolute atomic E-state index is 0.0103. The minimum atomic E-state index is -4.71. The number of hydrogen-bond donors (Lipinski definition) is 3. The number of amides is 4. The Morgan fingerprint density at radius 2 is 1.62 bits per heavy atom. The summed E-state index contributed by atoms with van der Waals surface area (Å²) < 4.78 is 47.1. The number of nitrogens with zero attached hydrogens (tertiary/aromatic N) is 6. The molecule has 5 aromatic rings. The van der Waals surface area contributed by atoms with E-state index < -0.39 is 52.4 Å². The molecule has 1 aromatic heterocycles. The molecular formula is C59H67F3N8O6S. The molecule has 4 amide bonds. The van der Waals surface area contributed by atoms with Crippen LogP contribution in [-0.2, 0) is 35.3 Å². The van der Waals surface area contributed by atoms with Crippen LogP contribution in [0.15, 0.2) is 90.4 Å². The number of nitriles is 1. The van der Waals surface area contributed by atoms with Gasteiger partial charge in [-0.25, -0.2) is 4.98 Å². The molecule has 406 valence electrons. The molecule has 3 aliphatic heterocycles. The number of piperazine rings is 1. The summed E-state index contributed by atoms with van der Waals surface area (Å²) in [6.45, 7) is 18.1. The quantitative estimate of drug-likeness (QED) is 0.0869. The van der Waals surface area contributed by atoms with Crippen LogP contribution in [0.2, 0.25) is 0 Å². The third kappa shape index (κ3) is 11.3. The Balaban J connectivity index is 0.730. The SMILES string of the molecule is Cc1ncsc1-c1ccc(CNC(=O)[C@@H]2C[C@@H](O)CN2C(=O)C(C(C)C)N2Cc3ccc(N4CCN(CCCc5ccc(C(=O)N[C@H]6C(C)(C)[C@H](Oc7ccc(C#N)c(C(F)(F)F)c7)C6(C)C)cc5)CC4)cc3C2=O)cc1. The molecule has 1 aliphatic carbocycles. The van der Waals surface area contributed by atoms with Gasteiger partial charge in [0.25, 0.3) is 11.8 Å². The number of thiazole rings is 1. The van der Waals surface area contributed by atoms with E-state index in [-0.39, 0.29) is 67.4 Å². The second-order valence-electron chi connectivity index (χ2n) is 22.5. The van der Waals surface area contributed by atoms with Crippen molar-refractivity contribution in [2.24, 2.45) is 16.7 Å². The first-order chi connectivity index (χ1) is 36.5. The van der Waals surface area contributed by atoms with Crippen molar-refractivity contribution < 1.29 is 42.2 Å². The minimum Gasteiger partial charge on any atom is -0.489 e. The van der Waals surface area contributed by atoms with Crippen molar-refractivity contribution in [3.63, 3.8) is 0 Å². The largest absolute Gasteiger partial charge is 0.489 e. The molecule has 1 saturated carbocycles. The van der Waals surface area contributed by atoms with E-state index in [0.717, 1.165) is 96.2 Å². The predicted molar refractivity (Wildman–Crippen MR) is 288 cm³/mol. The molecule has 3 atom stereocenters. The lowest BCUT2D eigenvalue weighted by Crippen LogP contribution is -2.74. The van der Waals surface area contributed by atoms with E-state index in [0.29, 0.717) is 11.1 Å². The Labute approximate surface area is 452 Å².